The van der Waals surface area contributed by atoms with Crippen LogP contribution in [-0.2, 0) is 12.5 Å². The second-order valence-corrected chi connectivity index (χ2v) is 6.84. The Hall–Kier alpha value is -2.62. The van der Waals surface area contributed by atoms with Gasteiger partial charge >= 0.3 is 0 Å². The van der Waals surface area contributed by atoms with Crippen molar-refractivity contribution in [2.24, 2.45) is 7.05 Å². The molecule has 0 radical (unpaired) electrons. The van der Waals surface area contributed by atoms with Gasteiger partial charge in [0.2, 0.25) is 0 Å². The average Bonchev–Trinajstić information content (AvgIpc) is 2.88. The third-order valence-electron chi connectivity index (χ3n) is 3.94. The zero-order chi connectivity index (χ0) is 16.6. The van der Waals surface area contributed by atoms with E-state index in [-0.39, 0.29) is 11.3 Å². The smallest absolute Gasteiger partial charge is 0.257 e. The molecule has 2 aromatic heterocycles. The zero-order valence-corrected chi connectivity index (χ0v) is 13.9. The highest BCUT2D eigenvalue weighted by atomic mass is 16.1. The summed E-state index contributed by atoms with van der Waals surface area (Å²) in [5, 5.41) is 4.09. The topological polar surface area (TPSA) is 46.9 Å². The highest BCUT2D eigenvalue weighted by Gasteiger charge is 2.16. The van der Waals surface area contributed by atoms with Crippen LogP contribution in [0.15, 0.2) is 48.8 Å². The number of carbonyl (C=O) groups excluding carboxylic acids is 1. The maximum atomic E-state index is 12.4. The molecule has 1 N–H and O–H groups in total. The van der Waals surface area contributed by atoms with Gasteiger partial charge in [-0.25, -0.2) is 0 Å². The van der Waals surface area contributed by atoms with Gasteiger partial charge in [0, 0.05) is 41.8 Å². The summed E-state index contributed by atoms with van der Waals surface area (Å²) in [5.41, 5.74) is 3.38. The van der Waals surface area contributed by atoms with E-state index >= 15 is 0 Å². The molecule has 0 saturated heterocycles. The standard InChI is InChI=1S/C19H21N3O/c1-19(2,3)17-8-6-14(12-20-17)18(23)21-15-7-5-13-9-10-22(4)16(13)11-15/h5-12H,1-4H3,(H,21,23). The van der Waals surface area contributed by atoms with Crippen LogP contribution in [0.25, 0.3) is 10.9 Å². The van der Waals surface area contributed by atoms with Crippen molar-refractivity contribution in [2.45, 2.75) is 26.2 Å². The molecule has 118 valence electrons. The molecule has 0 fully saturated rings. The Balaban J connectivity index is 1.81. The van der Waals surface area contributed by atoms with Crippen LogP contribution in [0.2, 0.25) is 0 Å². The van der Waals surface area contributed by atoms with Crippen LogP contribution in [0.3, 0.4) is 0 Å². The van der Waals surface area contributed by atoms with Crippen molar-refractivity contribution in [2.75, 3.05) is 5.32 Å². The molecule has 0 unspecified atom stereocenters. The summed E-state index contributed by atoms with van der Waals surface area (Å²) in [6.45, 7) is 6.30. The summed E-state index contributed by atoms with van der Waals surface area (Å²) in [6, 6.07) is 11.7. The van der Waals surface area contributed by atoms with Gasteiger partial charge < -0.3 is 9.88 Å². The van der Waals surface area contributed by atoms with Crippen molar-refractivity contribution < 1.29 is 4.79 Å². The molecule has 0 aliphatic rings. The second-order valence-electron chi connectivity index (χ2n) is 6.84. The van der Waals surface area contributed by atoms with Gasteiger partial charge in [-0.15, -0.1) is 0 Å². The van der Waals surface area contributed by atoms with Crippen LogP contribution in [-0.4, -0.2) is 15.5 Å². The van der Waals surface area contributed by atoms with Crippen molar-refractivity contribution in [1.82, 2.24) is 9.55 Å². The van der Waals surface area contributed by atoms with E-state index in [1.165, 1.54) is 0 Å². The maximum absolute atomic E-state index is 12.4. The van der Waals surface area contributed by atoms with Gasteiger partial charge in [-0.3, -0.25) is 9.78 Å². The summed E-state index contributed by atoms with van der Waals surface area (Å²) in [7, 11) is 1.99. The van der Waals surface area contributed by atoms with Gasteiger partial charge in [0.25, 0.3) is 5.91 Å². The lowest BCUT2D eigenvalue weighted by molar-refractivity contribution is 0.102. The first kappa shape index (κ1) is 15.3. The van der Waals surface area contributed by atoms with E-state index in [2.05, 4.69) is 37.1 Å². The van der Waals surface area contributed by atoms with Gasteiger partial charge in [0.05, 0.1) is 5.56 Å². The predicted molar refractivity (Wildman–Crippen MR) is 93.8 cm³/mol. The van der Waals surface area contributed by atoms with E-state index in [1.807, 2.05) is 48.1 Å². The third-order valence-corrected chi connectivity index (χ3v) is 3.94. The average molecular weight is 307 g/mol. The Morgan fingerprint density at radius 2 is 1.91 bits per heavy atom. The van der Waals surface area contributed by atoms with Gasteiger partial charge in [-0.2, -0.15) is 0 Å². The molecule has 4 nitrogen and oxygen atoms in total. The molecular weight excluding hydrogens is 286 g/mol. The van der Waals surface area contributed by atoms with Crippen LogP contribution < -0.4 is 5.32 Å². The first-order valence-electron chi connectivity index (χ1n) is 7.67. The van der Waals surface area contributed by atoms with E-state index in [0.717, 1.165) is 22.3 Å². The van der Waals surface area contributed by atoms with Crippen molar-refractivity contribution in [3.8, 4) is 0 Å². The fourth-order valence-corrected chi connectivity index (χ4v) is 2.52. The van der Waals surface area contributed by atoms with Gasteiger partial charge in [-0.1, -0.05) is 26.8 Å². The lowest BCUT2D eigenvalue weighted by Crippen LogP contribution is -2.16. The number of pyridine rings is 1. The minimum Gasteiger partial charge on any atom is -0.350 e. The van der Waals surface area contributed by atoms with Crippen molar-refractivity contribution >= 4 is 22.5 Å². The Labute approximate surface area is 136 Å². The molecule has 0 spiro atoms. The SMILES string of the molecule is Cn1ccc2ccc(NC(=O)c3ccc(C(C)(C)C)nc3)cc21. The van der Waals surface area contributed by atoms with Gasteiger partial charge in [-0.05, 0) is 35.7 Å². The number of aromatic nitrogens is 2. The summed E-state index contributed by atoms with van der Waals surface area (Å²) in [4.78, 5) is 16.8. The number of amides is 1. The number of aryl methyl sites for hydroxylation is 1. The molecule has 0 saturated carbocycles. The molecule has 3 rings (SSSR count). The third kappa shape index (κ3) is 3.11. The van der Waals surface area contributed by atoms with Crippen LogP contribution in [0.4, 0.5) is 5.69 Å². The summed E-state index contributed by atoms with van der Waals surface area (Å²) in [6.07, 6.45) is 3.64. The summed E-state index contributed by atoms with van der Waals surface area (Å²) >= 11 is 0. The van der Waals surface area contributed by atoms with E-state index in [9.17, 15) is 4.79 Å². The molecule has 0 aliphatic heterocycles. The maximum Gasteiger partial charge on any atom is 0.257 e. The number of nitrogens with one attached hydrogen (secondary N) is 1. The Morgan fingerprint density at radius 1 is 1.13 bits per heavy atom. The van der Waals surface area contributed by atoms with E-state index in [0.29, 0.717) is 5.56 Å². The highest BCUT2D eigenvalue weighted by Crippen LogP contribution is 2.21. The van der Waals surface area contributed by atoms with Crippen molar-refractivity contribution in [1.29, 1.82) is 0 Å². The Bertz CT molecular complexity index is 854. The van der Waals surface area contributed by atoms with E-state index in [1.54, 1.807) is 6.20 Å². The van der Waals surface area contributed by atoms with Crippen molar-refractivity contribution in [3.05, 3.63) is 60.0 Å². The monoisotopic (exact) mass is 307 g/mol. The molecule has 1 aromatic carbocycles. The minimum absolute atomic E-state index is 0.0213. The van der Waals surface area contributed by atoms with Crippen LogP contribution in [0.1, 0.15) is 36.8 Å². The lowest BCUT2D eigenvalue weighted by Gasteiger charge is -2.17. The van der Waals surface area contributed by atoms with Gasteiger partial charge in [0.1, 0.15) is 0 Å². The summed E-state index contributed by atoms with van der Waals surface area (Å²) in [5.74, 6) is -0.147. The first-order valence-corrected chi connectivity index (χ1v) is 7.67. The van der Waals surface area contributed by atoms with Crippen LogP contribution in [0.5, 0.6) is 0 Å². The molecule has 0 atom stereocenters. The normalized spacial score (nSPS) is 11.7. The molecule has 1 amide bonds. The Kier molecular flexibility index (Phi) is 3.68. The number of hydrogen-bond acceptors (Lipinski definition) is 2. The number of fused-ring (bicyclic) bond motifs is 1. The lowest BCUT2D eigenvalue weighted by atomic mass is 9.91. The number of anilines is 1. The minimum atomic E-state index is -0.147. The number of hydrogen-bond donors (Lipinski definition) is 1. The fourth-order valence-electron chi connectivity index (χ4n) is 2.52. The van der Waals surface area contributed by atoms with E-state index < -0.39 is 0 Å². The molecule has 23 heavy (non-hydrogen) atoms. The van der Waals surface area contributed by atoms with Gasteiger partial charge in [0.15, 0.2) is 0 Å². The Morgan fingerprint density at radius 3 is 2.57 bits per heavy atom. The molecule has 0 bridgehead atoms. The first-order chi connectivity index (χ1) is 10.8. The summed E-state index contributed by atoms with van der Waals surface area (Å²) < 4.78 is 2.03. The highest BCUT2D eigenvalue weighted by molar-refractivity contribution is 6.04. The molecular formula is C19H21N3O. The number of nitrogens with zero attached hydrogens (tertiary/aromatic N) is 2. The number of rotatable bonds is 2. The molecule has 3 aromatic rings. The molecule has 4 heteroatoms. The largest absolute Gasteiger partial charge is 0.350 e. The van der Waals surface area contributed by atoms with E-state index in [4.69, 9.17) is 0 Å². The molecule has 0 aliphatic carbocycles. The van der Waals surface area contributed by atoms with Crippen LogP contribution >= 0.6 is 0 Å². The molecule has 2 heterocycles. The number of carbonyl (C=O) groups is 1. The fraction of sp³-hybridized carbons (Fsp3) is 0.263. The second kappa shape index (κ2) is 5.54. The zero-order valence-electron chi connectivity index (χ0n) is 13.9. The predicted octanol–water partition coefficient (Wildman–Crippen LogP) is 4.12. The van der Waals surface area contributed by atoms with Crippen LogP contribution in [0, 0.1) is 0 Å². The van der Waals surface area contributed by atoms with Crippen molar-refractivity contribution in [3.63, 3.8) is 0 Å². The quantitative estimate of drug-likeness (QED) is 0.774. The number of benzene rings is 1.